The van der Waals surface area contributed by atoms with Crippen LogP contribution in [0.3, 0.4) is 0 Å². The van der Waals surface area contributed by atoms with Crippen LogP contribution in [-0.4, -0.2) is 43.4 Å². The van der Waals surface area contributed by atoms with E-state index >= 15 is 0 Å². The minimum Gasteiger partial charge on any atom is -0.342 e. The Balaban J connectivity index is 1.22. The van der Waals surface area contributed by atoms with Crippen molar-refractivity contribution in [1.82, 2.24) is 24.4 Å². The first-order valence-electron chi connectivity index (χ1n) is 9.35. The number of hydrogen-bond acceptors (Lipinski definition) is 4. The van der Waals surface area contributed by atoms with Gasteiger partial charge in [-0.25, -0.2) is 9.97 Å². The maximum Gasteiger partial charge on any atom is 0.261 e. The van der Waals surface area contributed by atoms with Gasteiger partial charge in [0.1, 0.15) is 5.82 Å². The average molecular weight is 373 g/mol. The molecule has 140 valence electrons. The van der Waals surface area contributed by atoms with Gasteiger partial charge in [0.05, 0.1) is 34.2 Å². The summed E-state index contributed by atoms with van der Waals surface area (Å²) >= 11 is 0. The Hall–Kier alpha value is -3.48. The molecule has 0 aliphatic carbocycles. The van der Waals surface area contributed by atoms with Gasteiger partial charge in [0, 0.05) is 26.1 Å². The van der Waals surface area contributed by atoms with Gasteiger partial charge < -0.3 is 9.88 Å². The van der Waals surface area contributed by atoms with Crippen LogP contribution >= 0.6 is 0 Å². The molecule has 5 rings (SSSR count). The molecular weight excluding hydrogens is 354 g/mol. The number of carbonyl (C=O) groups excluding carboxylic acids is 1. The number of aromatic nitrogens is 4. The normalized spacial score (nSPS) is 14.5. The fourth-order valence-corrected chi connectivity index (χ4v) is 3.66. The summed E-state index contributed by atoms with van der Waals surface area (Å²) in [7, 11) is 0. The second-order valence-corrected chi connectivity index (χ2v) is 7.15. The highest BCUT2D eigenvalue weighted by Crippen LogP contribution is 2.27. The quantitative estimate of drug-likeness (QED) is 0.595. The zero-order valence-corrected chi connectivity index (χ0v) is 15.2. The number of fused-ring (bicyclic) bond motifs is 2. The van der Waals surface area contributed by atoms with E-state index < -0.39 is 0 Å². The largest absolute Gasteiger partial charge is 0.342 e. The molecule has 3 heterocycles. The van der Waals surface area contributed by atoms with Crippen molar-refractivity contribution < 1.29 is 4.79 Å². The molecule has 1 aliphatic rings. The molecule has 0 spiro atoms. The number of H-pyrrole nitrogens is 1. The summed E-state index contributed by atoms with van der Waals surface area (Å²) in [4.78, 5) is 39.1. The minimum absolute atomic E-state index is 0.0485. The summed E-state index contributed by atoms with van der Waals surface area (Å²) in [5.74, 6) is 1.22. The highest BCUT2D eigenvalue weighted by atomic mass is 16.2. The van der Waals surface area contributed by atoms with Crippen molar-refractivity contribution in [3.05, 3.63) is 71.0 Å². The lowest BCUT2D eigenvalue weighted by atomic mass is 9.99. The summed E-state index contributed by atoms with van der Waals surface area (Å²) in [5, 5.41) is 0.575. The number of carbonyl (C=O) groups is 1. The van der Waals surface area contributed by atoms with Crippen LogP contribution in [0, 0.1) is 0 Å². The van der Waals surface area contributed by atoms with E-state index in [2.05, 4.69) is 15.0 Å². The summed E-state index contributed by atoms with van der Waals surface area (Å²) in [5.41, 5.74) is 2.53. The Morgan fingerprint density at radius 3 is 2.64 bits per heavy atom. The Morgan fingerprint density at radius 2 is 1.82 bits per heavy atom. The van der Waals surface area contributed by atoms with Crippen LogP contribution in [0.15, 0.2) is 59.7 Å². The molecule has 7 nitrogen and oxygen atoms in total. The monoisotopic (exact) mass is 373 g/mol. The lowest BCUT2D eigenvalue weighted by Crippen LogP contribution is -2.49. The summed E-state index contributed by atoms with van der Waals surface area (Å²) in [6.07, 6.45) is 1.80. The van der Waals surface area contributed by atoms with Crippen LogP contribution in [0.1, 0.15) is 18.2 Å². The number of hydrogen-bond donors (Lipinski definition) is 1. The SMILES string of the molecule is O=C(CCn1cnc2ccccc2c1=O)N1CC(c2nc3ccccc3[nH]2)C1. The Bertz CT molecular complexity index is 1200. The van der Waals surface area contributed by atoms with Crippen molar-refractivity contribution in [3.8, 4) is 0 Å². The first kappa shape index (κ1) is 16.7. The van der Waals surface area contributed by atoms with Gasteiger partial charge in [0.25, 0.3) is 5.56 Å². The lowest BCUT2D eigenvalue weighted by Gasteiger charge is -2.38. The minimum atomic E-state index is -0.109. The molecular formula is C21H19N5O2. The molecule has 0 bridgehead atoms. The van der Waals surface area contributed by atoms with Gasteiger partial charge in [-0.05, 0) is 24.3 Å². The van der Waals surface area contributed by atoms with Crippen LogP contribution in [0.25, 0.3) is 21.9 Å². The molecule has 2 aromatic heterocycles. The predicted molar refractivity (Wildman–Crippen MR) is 106 cm³/mol. The second kappa shape index (κ2) is 6.60. The maximum atomic E-state index is 12.5. The van der Waals surface area contributed by atoms with E-state index in [9.17, 15) is 9.59 Å². The summed E-state index contributed by atoms with van der Waals surface area (Å²) in [6, 6.07) is 15.2. The number of nitrogens with one attached hydrogen (secondary N) is 1. The molecule has 28 heavy (non-hydrogen) atoms. The number of para-hydroxylation sites is 3. The van der Waals surface area contributed by atoms with Gasteiger partial charge in [-0.3, -0.25) is 14.2 Å². The topological polar surface area (TPSA) is 83.9 Å². The smallest absolute Gasteiger partial charge is 0.261 e. The van der Waals surface area contributed by atoms with Crippen molar-refractivity contribution in [2.24, 2.45) is 0 Å². The van der Waals surface area contributed by atoms with E-state index in [1.54, 1.807) is 6.07 Å². The van der Waals surface area contributed by atoms with Crippen LogP contribution in [0.4, 0.5) is 0 Å². The molecule has 1 N–H and O–H groups in total. The predicted octanol–water partition coefficient (Wildman–Crippen LogP) is 2.29. The molecule has 1 saturated heterocycles. The number of aryl methyl sites for hydroxylation is 1. The van der Waals surface area contributed by atoms with Gasteiger partial charge in [-0.1, -0.05) is 24.3 Å². The van der Waals surface area contributed by atoms with Crippen molar-refractivity contribution in [1.29, 1.82) is 0 Å². The molecule has 2 aromatic carbocycles. The Kier molecular flexibility index (Phi) is 3.93. The standard InChI is InChI=1S/C21H19N5O2/c27-19(9-10-25-13-22-16-6-2-1-5-15(16)21(25)28)26-11-14(12-26)20-23-17-7-3-4-8-18(17)24-20/h1-8,13-14H,9-12H2,(H,23,24). The summed E-state index contributed by atoms with van der Waals surface area (Å²) in [6.45, 7) is 1.65. The number of benzene rings is 2. The van der Waals surface area contributed by atoms with E-state index in [1.807, 2.05) is 47.4 Å². The lowest BCUT2D eigenvalue weighted by molar-refractivity contribution is -0.136. The highest BCUT2D eigenvalue weighted by molar-refractivity contribution is 5.79. The van der Waals surface area contributed by atoms with Crippen LogP contribution in [0.5, 0.6) is 0 Å². The summed E-state index contributed by atoms with van der Waals surface area (Å²) < 4.78 is 1.51. The average Bonchev–Trinajstić information content (AvgIpc) is 3.10. The third-order valence-corrected chi connectivity index (χ3v) is 5.33. The van der Waals surface area contributed by atoms with E-state index in [0.717, 1.165) is 16.9 Å². The molecule has 0 radical (unpaired) electrons. The van der Waals surface area contributed by atoms with E-state index in [-0.39, 0.29) is 23.8 Å². The van der Waals surface area contributed by atoms with E-state index in [4.69, 9.17) is 0 Å². The zero-order valence-electron chi connectivity index (χ0n) is 15.2. The van der Waals surface area contributed by atoms with Crippen molar-refractivity contribution >= 4 is 27.8 Å². The van der Waals surface area contributed by atoms with Crippen LogP contribution in [-0.2, 0) is 11.3 Å². The molecule has 1 aliphatic heterocycles. The van der Waals surface area contributed by atoms with Gasteiger partial charge >= 0.3 is 0 Å². The fourth-order valence-electron chi connectivity index (χ4n) is 3.66. The van der Waals surface area contributed by atoms with Crippen LogP contribution in [0.2, 0.25) is 0 Å². The van der Waals surface area contributed by atoms with Gasteiger partial charge in [-0.15, -0.1) is 0 Å². The fraction of sp³-hybridized carbons (Fsp3) is 0.238. The number of imidazole rings is 1. The molecule has 0 saturated carbocycles. The number of aromatic amines is 1. The van der Waals surface area contributed by atoms with Gasteiger partial charge in [0.15, 0.2) is 0 Å². The van der Waals surface area contributed by atoms with Crippen molar-refractivity contribution in [2.45, 2.75) is 18.9 Å². The molecule has 0 unspecified atom stereocenters. The third kappa shape index (κ3) is 2.85. The van der Waals surface area contributed by atoms with Crippen molar-refractivity contribution in [2.75, 3.05) is 13.1 Å². The second-order valence-electron chi connectivity index (χ2n) is 7.15. The Labute approximate surface area is 160 Å². The number of rotatable bonds is 4. The molecule has 1 amide bonds. The third-order valence-electron chi connectivity index (χ3n) is 5.33. The first-order valence-corrected chi connectivity index (χ1v) is 9.35. The number of likely N-dealkylation sites (tertiary alicyclic amines) is 1. The van der Waals surface area contributed by atoms with Gasteiger partial charge in [-0.2, -0.15) is 0 Å². The van der Waals surface area contributed by atoms with Crippen molar-refractivity contribution in [3.63, 3.8) is 0 Å². The van der Waals surface area contributed by atoms with Gasteiger partial charge in [0.2, 0.25) is 5.91 Å². The van der Waals surface area contributed by atoms with E-state index in [1.165, 1.54) is 10.9 Å². The van der Waals surface area contributed by atoms with E-state index in [0.29, 0.717) is 30.5 Å². The number of amides is 1. The maximum absolute atomic E-state index is 12.5. The molecule has 0 atom stereocenters. The highest BCUT2D eigenvalue weighted by Gasteiger charge is 2.33. The Morgan fingerprint density at radius 1 is 1.07 bits per heavy atom. The molecule has 4 aromatic rings. The first-order chi connectivity index (χ1) is 13.7. The molecule has 1 fully saturated rings. The zero-order chi connectivity index (χ0) is 19.1. The number of nitrogens with zero attached hydrogens (tertiary/aromatic N) is 4. The molecule has 7 heteroatoms. The van der Waals surface area contributed by atoms with Crippen LogP contribution < -0.4 is 5.56 Å².